The Kier molecular flexibility index (Phi) is 5.27. The quantitative estimate of drug-likeness (QED) is 0.897. The molecule has 0 radical (unpaired) electrons. The first-order valence-electron chi connectivity index (χ1n) is 8.35. The monoisotopic (exact) mass is 329 g/mol. The van der Waals surface area contributed by atoms with Crippen molar-refractivity contribution in [3.63, 3.8) is 0 Å². The lowest BCUT2D eigenvalue weighted by Crippen LogP contribution is -2.41. The molecular formula is C18H23N3O3. The molecule has 1 fully saturated rings. The maximum absolute atomic E-state index is 12.6. The van der Waals surface area contributed by atoms with Gasteiger partial charge in [-0.2, -0.15) is 0 Å². The molecule has 0 saturated carbocycles. The molecule has 0 amide bonds. The Balaban J connectivity index is 1.94. The molecule has 2 aromatic rings. The van der Waals surface area contributed by atoms with Crippen molar-refractivity contribution >= 4 is 5.95 Å². The SMILES string of the molecule is CCc1cc(=O)n(C[C@H](O)c2ccccc2)c(N2CCOCC2)n1. The fourth-order valence-corrected chi connectivity index (χ4v) is 2.85. The number of ether oxygens (including phenoxy) is 1. The molecule has 0 unspecified atom stereocenters. The number of aliphatic hydroxyl groups is 1. The largest absolute Gasteiger partial charge is 0.387 e. The summed E-state index contributed by atoms with van der Waals surface area (Å²) in [7, 11) is 0. The average Bonchev–Trinajstić information content (AvgIpc) is 2.64. The number of nitrogens with zero attached hydrogens (tertiary/aromatic N) is 3. The van der Waals surface area contributed by atoms with Crippen LogP contribution in [0.1, 0.15) is 24.3 Å². The Hall–Kier alpha value is -2.18. The molecular weight excluding hydrogens is 306 g/mol. The third-order valence-corrected chi connectivity index (χ3v) is 4.24. The highest BCUT2D eigenvalue weighted by atomic mass is 16.5. The summed E-state index contributed by atoms with van der Waals surface area (Å²) in [5.74, 6) is 0.623. The van der Waals surface area contributed by atoms with E-state index in [1.165, 1.54) is 0 Å². The Morgan fingerprint density at radius 1 is 1.25 bits per heavy atom. The summed E-state index contributed by atoms with van der Waals surface area (Å²) in [5.41, 5.74) is 1.43. The summed E-state index contributed by atoms with van der Waals surface area (Å²) in [5, 5.41) is 10.5. The van der Waals surface area contributed by atoms with Gasteiger partial charge in [-0.1, -0.05) is 37.3 Å². The number of aromatic nitrogens is 2. The zero-order valence-electron chi connectivity index (χ0n) is 13.9. The van der Waals surface area contributed by atoms with Gasteiger partial charge >= 0.3 is 0 Å². The molecule has 24 heavy (non-hydrogen) atoms. The second-order valence-electron chi connectivity index (χ2n) is 5.88. The highest BCUT2D eigenvalue weighted by Crippen LogP contribution is 2.18. The Bertz CT molecular complexity index is 724. The summed E-state index contributed by atoms with van der Waals surface area (Å²) < 4.78 is 6.96. The van der Waals surface area contributed by atoms with E-state index in [4.69, 9.17) is 4.74 Å². The zero-order chi connectivity index (χ0) is 16.9. The van der Waals surface area contributed by atoms with Gasteiger partial charge in [0.2, 0.25) is 5.95 Å². The van der Waals surface area contributed by atoms with Crippen LogP contribution in [0.5, 0.6) is 0 Å². The standard InChI is InChI=1S/C18H23N3O3/c1-2-15-12-17(23)21(13-16(22)14-6-4-3-5-7-14)18(19-15)20-8-10-24-11-9-20/h3-7,12,16,22H,2,8-11,13H2,1H3/t16-/m0/s1. The fourth-order valence-electron chi connectivity index (χ4n) is 2.85. The van der Waals surface area contributed by atoms with Crippen LogP contribution in [-0.4, -0.2) is 41.0 Å². The number of anilines is 1. The normalized spacial score (nSPS) is 16.2. The smallest absolute Gasteiger partial charge is 0.255 e. The number of rotatable bonds is 5. The lowest BCUT2D eigenvalue weighted by Gasteiger charge is -2.30. The van der Waals surface area contributed by atoms with E-state index >= 15 is 0 Å². The van der Waals surface area contributed by atoms with Crippen LogP contribution < -0.4 is 10.5 Å². The molecule has 6 nitrogen and oxygen atoms in total. The lowest BCUT2D eigenvalue weighted by atomic mass is 10.1. The highest BCUT2D eigenvalue weighted by molar-refractivity contribution is 5.33. The average molecular weight is 329 g/mol. The van der Waals surface area contributed by atoms with Crippen LogP contribution in [0.2, 0.25) is 0 Å². The van der Waals surface area contributed by atoms with E-state index in [9.17, 15) is 9.90 Å². The molecule has 6 heteroatoms. The first kappa shape index (κ1) is 16.7. The summed E-state index contributed by atoms with van der Waals surface area (Å²) >= 11 is 0. The van der Waals surface area contributed by atoms with Gasteiger partial charge in [-0.15, -0.1) is 0 Å². The maximum Gasteiger partial charge on any atom is 0.255 e. The molecule has 1 saturated heterocycles. The van der Waals surface area contributed by atoms with Gasteiger partial charge in [0.1, 0.15) is 0 Å². The van der Waals surface area contributed by atoms with E-state index in [1.807, 2.05) is 37.3 Å². The molecule has 1 aliphatic heterocycles. The predicted molar refractivity (Wildman–Crippen MR) is 92.3 cm³/mol. The highest BCUT2D eigenvalue weighted by Gasteiger charge is 2.20. The van der Waals surface area contributed by atoms with Gasteiger partial charge in [-0.25, -0.2) is 4.98 Å². The van der Waals surface area contributed by atoms with Crippen molar-refractivity contribution in [1.29, 1.82) is 0 Å². The van der Waals surface area contributed by atoms with Crippen LogP contribution in [0, 0.1) is 0 Å². The van der Waals surface area contributed by atoms with Crippen molar-refractivity contribution in [2.24, 2.45) is 0 Å². The fraction of sp³-hybridized carbons (Fsp3) is 0.444. The molecule has 0 aliphatic carbocycles. The van der Waals surface area contributed by atoms with Gasteiger partial charge in [-0.05, 0) is 12.0 Å². The van der Waals surface area contributed by atoms with Gasteiger partial charge in [0.25, 0.3) is 5.56 Å². The van der Waals surface area contributed by atoms with Gasteiger partial charge in [0, 0.05) is 24.8 Å². The lowest BCUT2D eigenvalue weighted by molar-refractivity contribution is 0.120. The number of hydrogen-bond donors (Lipinski definition) is 1. The van der Waals surface area contributed by atoms with Crippen molar-refractivity contribution in [3.05, 3.63) is 58.0 Å². The maximum atomic E-state index is 12.6. The molecule has 0 bridgehead atoms. The topological polar surface area (TPSA) is 67.6 Å². The number of morpholine rings is 1. The van der Waals surface area contributed by atoms with E-state index in [0.29, 0.717) is 38.7 Å². The third-order valence-electron chi connectivity index (χ3n) is 4.24. The predicted octanol–water partition coefficient (Wildman–Crippen LogP) is 1.38. The number of aryl methyl sites for hydroxylation is 1. The van der Waals surface area contributed by atoms with E-state index < -0.39 is 6.10 Å². The minimum absolute atomic E-state index is 0.127. The first-order valence-corrected chi connectivity index (χ1v) is 8.35. The van der Waals surface area contributed by atoms with Crippen LogP contribution in [-0.2, 0) is 17.7 Å². The van der Waals surface area contributed by atoms with Crippen LogP contribution in [0.3, 0.4) is 0 Å². The van der Waals surface area contributed by atoms with Crippen molar-refractivity contribution in [1.82, 2.24) is 9.55 Å². The molecule has 1 aromatic heterocycles. The molecule has 1 atom stereocenters. The number of aliphatic hydroxyl groups excluding tert-OH is 1. The first-order chi connectivity index (χ1) is 11.7. The van der Waals surface area contributed by atoms with E-state index in [1.54, 1.807) is 10.6 Å². The molecule has 1 aromatic carbocycles. The summed E-state index contributed by atoms with van der Waals surface area (Å²) in [6, 6.07) is 10.9. The molecule has 1 aliphatic rings. The summed E-state index contributed by atoms with van der Waals surface area (Å²) in [6.07, 6.45) is -0.0488. The second kappa shape index (κ2) is 7.59. The summed E-state index contributed by atoms with van der Waals surface area (Å²) in [6.45, 7) is 4.80. The number of benzene rings is 1. The van der Waals surface area contributed by atoms with Crippen molar-refractivity contribution in [3.8, 4) is 0 Å². The van der Waals surface area contributed by atoms with Gasteiger partial charge in [0.05, 0.1) is 25.9 Å². The van der Waals surface area contributed by atoms with E-state index in [2.05, 4.69) is 9.88 Å². The summed E-state index contributed by atoms with van der Waals surface area (Å²) in [4.78, 5) is 19.3. The van der Waals surface area contributed by atoms with Crippen LogP contribution >= 0.6 is 0 Å². The van der Waals surface area contributed by atoms with Crippen LogP contribution in [0.15, 0.2) is 41.2 Å². The Morgan fingerprint density at radius 3 is 2.62 bits per heavy atom. The van der Waals surface area contributed by atoms with Crippen molar-refractivity contribution in [2.75, 3.05) is 31.2 Å². The molecule has 0 spiro atoms. The minimum Gasteiger partial charge on any atom is -0.387 e. The molecule has 3 rings (SSSR count). The zero-order valence-corrected chi connectivity index (χ0v) is 13.9. The van der Waals surface area contributed by atoms with Crippen LogP contribution in [0.25, 0.3) is 0 Å². The Labute approximate surface area is 141 Å². The van der Waals surface area contributed by atoms with Gasteiger partial charge < -0.3 is 14.7 Å². The van der Waals surface area contributed by atoms with E-state index in [-0.39, 0.29) is 12.1 Å². The molecule has 128 valence electrons. The Morgan fingerprint density at radius 2 is 1.96 bits per heavy atom. The molecule has 2 heterocycles. The third kappa shape index (κ3) is 3.66. The second-order valence-corrected chi connectivity index (χ2v) is 5.88. The number of hydrogen-bond acceptors (Lipinski definition) is 5. The van der Waals surface area contributed by atoms with E-state index in [0.717, 1.165) is 11.3 Å². The van der Waals surface area contributed by atoms with Crippen molar-refractivity contribution in [2.45, 2.75) is 26.0 Å². The molecule has 1 N–H and O–H groups in total. The van der Waals surface area contributed by atoms with Crippen molar-refractivity contribution < 1.29 is 9.84 Å². The van der Waals surface area contributed by atoms with Gasteiger partial charge in [-0.3, -0.25) is 9.36 Å². The van der Waals surface area contributed by atoms with Crippen LogP contribution in [0.4, 0.5) is 5.95 Å². The minimum atomic E-state index is -0.752. The van der Waals surface area contributed by atoms with Gasteiger partial charge in [0.15, 0.2) is 0 Å².